The van der Waals surface area contributed by atoms with Crippen molar-refractivity contribution >= 4 is 53.7 Å². The Morgan fingerprint density at radius 2 is 0.924 bits per heavy atom. The van der Waals surface area contributed by atoms with Gasteiger partial charge in [-0.15, -0.1) is 0 Å². The van der Waals surface area contributed by atoms with Crippen LogP contribution in [0.1, 0.15) is 161 Å². The SMILES string of the molecule is C=C(C)[C@@H]1CC[C@]2(C(=O)O[C@@H]3O[C@H](COC(C)=O)[C@@H](OC(C)=O)[C@H](OC(C)=O)[C@H]3OC(C)=O)CC[C@]3(C)[C@H](CC[C@@H]4[C@@]5(C)CC[C@H](O[C@@H]6O[C@H](COC(C)=O)[C@@H](OC(C)=O)[C@H](OC(C)=O)[C@H]6OC(C)=O)C(C)(C)[C@@H]5CC[C@]43C)[C@@H]12. The Bertz CT molecular complexity index is 2400. The van der Waals surface area contributed by atoms with E-state index in [2.05, 4.69) is 41.2 Å². The minimum atomic E-state index is -1.65. The molecular formula is C58H84O21. The first-order chi connectivity index (χ1) is 36.8. The lowest BCUT2D eigenvalue weighted by molar-refractivity contribution is -0.335. The van der Waals surface area contributed by atoms with E-state index in [1.165, 1.54) is 34.6 Å². The summed E-state index contributed by atoms with van der Waals surface area (Å²) in [7, 11) is 0. The number of hydrogen-bond acceptors (Lipinski definition) is 21. The zero-order chi connectivity index (χ0) is 58.5. The number of fused-ring (bicyclic) bond motifs is 7. The quantitative estimate of drug-likeness (QED) is 0.0711. The zero-order valence-corrected chi connectivity index (χ0v) is 48.5. The molecular weight excluding hydrogens is 1030 g/mol. The van der Waals surface area contributed by atoms with Gasteiger partial charge in [0.05, 0.1) is 11.5 Å². The third kappa shape index (κ3) is 11.8. The Hall–Kier alpha value is -5.15. The van der Waals surface area contributed by atoms with Crippen LogP contribution in [0.25, 0.3) is 0 Å². The lowest BCUT2D eigenvalue weighted by Gasteiger charge is -2.73. The Labute approximate surface area is 463 Å². The highest BCUT2D eigenvalue weighted by Gasteiger charge is 2.73. The number of ether oxygens (including phenoxy) is 12. The van der Waals surface area contributed by atoms with Gasteiger partial charge in [-0.25, -0.2) is 0 Å². The normalized spacial score (nSPS) is 40.9. The molecule has 2 heterocycles. The molecule has 0 unspecified atom stereocenters. The standard InChI is InChI=1S/C58H84O21/c1-28(2)37-18-23-58(53(67)79-52-50(75-36(10)66)48(73-34(8)64)46(71-32(6)62)40(77-52)27-69-30(4)60)25-24-56(14)38(44(37)58)16-17-42-55(13)21-20-43(54(11,12)41(55)19-22-57(42,56)15)78-51-49(74-35(9)65)47(72-33(7)63)45(70-31(5)61)39(76-51)26-68-29(3)59/h37-52H,1,16-27H2,2-15H3/t37-,38+,39+,40+,41-,42+,43-,44+,45+,46+,47-,48-,49+,50+,51-,52-,55-,56+,57+,58-/m0/s1. The fraction of sp³-hybridized carbons (Fsp3) is 0.810. The molecule has 21 heteroatoms. The van der Waals surface area contributed by atoms with Crippen molar-refractivity contribution in [2.75, 3.05) is 13.2 Å². The van der Waals surface area contributed by atoms with Gasteiger partial charge in [-0.2, -0.15) is 0 Å². The van der Waals surface area contributed by atoms with Crippen molar-refractivity contribution in [3.63, 3.8) is 0 Å². The summed E-state index contributed by atoms with van der Waals surface area (Å²) in [5.74, 6) is -6.16. The first kappa shape index (κ1) is 61.5. The van der Waals surface area contributed by atoms with Gasteiger partial charge in [0.1, 0.15) is 25.4 Å². The van der Waals surface area contributed by atoms with Gasteiger partial charge in [-0.1, -0.05) is 46.8 Å². The number of hydrogen-bond donors (Lipinski definition) is 0. The van der Waals surface area contributed by atoms with E-state index in [1.54, 1.807) is 0 Å². The molecule has 0 spiro atoms. The molecule has 7 fully saturated rings. The van der Waals surface area contributed by atoms with E-state index in [9.17, 15) is 38.4 Å². The molecule has 0 aromatic rings. The molecule has 5 aliphatic carbocycles. The second-order valence-electron chi connectivity index (χ2n) is 24.9. The van der Waals surface area contributed by atoms with Crippen LogP contribution >= 0.6 is 0 Å². The van der Waals surface area contributed by atoms with Crippen LogP contribution in [0, 0.1) is 56.7 Å². The molecule has 5 saturated carbocycles. The van der Waals surface area contributed by atoms with E-state index in [-0.39, 0.29) is 52.4 Å². The van der Waals surface area contributed by atoms with Crippen molar-refractivity contribution in [2.24, 2.45) is 56.7 Å². The summed E-state index contributed by atoms with van der Waals surface area (Å²) in [6.07, 6.45) is -7.18. The third-order valence-corrected chi connectivity index (χ3v) is 19.8. The molecule has 0 bridgehead atoms. The van der Waals surface area contributed by atoms with E-state index in [1.807, 2.05) is 6.92 Å². The number of carbonyl (C=O) groups excluding carboxylic acids is 9. The van der Waals surface area contributed by atoms with Crippen molar-refractivity contribution in [1.82, 2.24) is 0 Å². The topological polar surface area (TPSA) is 264 Å². The van der Waals surface area contributed by atoms with E-state index in [4.69, 9.17) is 56.8 Å². The van der Waals surface area contributed by atoms with Crippen LogP contribution in [0.2, 0.25) is 0 Å². The summed E-state index contributed by atoms with van der Waals surface area (Å²) in [6.45, 7) is 26.7. The van der Waals surface area contributed by atoms with Crippen molar-refractivity contribution in [2.45, 2.75) is 229 Å². The van der Waals surface area contributed by atoms with E-state index in [0.717, 1.165) is 58.4 Å². The lowest BCUT2D eigenvalue weighted by Crippen LogP contribution is -2.68. The lowest BCUT2D eigenvalue weighted by atomic mass is 9.32. The van der Waals surface area contributed by atoms with Crippen molar-refractivity contribution in [1.29, 1.82) is 0 Å². The van der Waals surface area contributed by atoms with E-state index >= 15 is 4.79 Å². The molecule has 79 heavy (non-hydrogen) atoms. The Balaban J connectivity index is 1.17. The average molecular weight is 1120 g/mol. The smallest absolute Gasteiger partial charge is 0.314 e. The van der Waals surface area contributed by atoms with Gasteiger partial charge in [0.15, 0.2) is 36.8 Å². The van der Waals surface area contributed by atoms with Crippen molar-refractivity contribution < 1.29 is 100.0 Å². The van der Waals surface area contributed by atoms with Crippen LogP contribution in [-0.4, -0.2) is 134 Å². The van der Waals surface area contributed by atoms with Gasteiger partial charge in [0.2, 0.25) is 12.4 Å². The highest BCUT2D eigenvalue weighted by molar-refractivity contribution is 5.79. The summed E-state index contributed by atoms with van der Waals surface area (Å²) in [6, 6.07) is 0. The van der Waals surface area contributed by atoms with Crippen LogP contribution in [0.3, 0.4) is 0 Å². The first-order valence-corrected chi connectivity index (χ1v) is 27.9. The second kappa shape index (κ2) is 23.4. The maximum Gasteiger partial charge on any atom is 0.314 e. The molecule has 0 aromatic heterocycles. The van der Waals surface area contributed by atoms with Crippen LogP contribution in [0.4, 0.5) is 0 Å². The van der Waals surface area contributed by atoms with Crippen LogP contribution in [0.5, 0.6) is 0 Å². The Morgan fingerprint density at radius 1 is 0.456 bits per heavy atom. The number of esters is 9. The summed E-state index contributed by atoms with van der Waals surface area (Å²) in [5.41, 5.74) is -1.17. The molecule has 2 aliphatic heterocycles. The minimum absolute atomic E-state index is 0.0256. The average Bonchev–Trinajstić information content (AvgIpc) is 2.77. The van der Waals surface area contributed by atoms with Crippen LogP contribution in [-0.2, 0) is 100.0 Å². The predicted molar refractivity (Wildman–Crippen MR) is 274 cm³/mol. The number of carbonyl (C=O) groups is 9. The second-order valence-corrected chi connectivity index (χ2v) is 24.9. The fourth-order valence-corrected chi connectivity index (χ4v) is 16.7. The largest absolute Gasteiger partial charge is 0.463 e. The summed E-state index contributed by atoms with van der Waals surface area (Å²) >= 11 is 0. The highest BCUT2D eigenvalue weighted by Crippen LogP contribution is 2.78. The molecule has 442 valence electrons. The zero-order valence-electron chi connectivity index (χ0n) is 48.5. The molecule has 2 saturated heterocycles. The number of allylic oxidation sites excluding steroid dienone is 1. The van der Waals surface area contributed by atoms with Crippen LogP contribution < -0.4 is 0 Å². The summed E-state index contributed by atoms with van der Waals surface area (Å²) in [5, 5.41) is 0. The molecule has 21 nitrogen and oxygen atoms in total. The van der Waals surface area contributed by atoms with Gasteiger partial charge in [0, 0.05) is 55.4 Å². The molecule has 0 amide bonds. The first-order valence-electron chi connectivity index (χ1n) is 27.9. The van der Waals surface area contributed by atoms with Gasteiger partial charge >= 0.3 is 53.7 Å². The number of rotatable bonds is 15. The fourth-order valence-electron chi connectivity index (χ4n) is 16.7. The Kier molecular flexibility index (Phi) is 18.2. The van der Waals surface area contributed by atoms with Crippen LogP contribution in [0.15, 0.2) is 12.2 Å². The molecule has 0 N–H and O–H groups in total. The Morgan fingerprint density at radius 3 is 1.41 bits per heavy atom. The van der Waals surface area contributed by atoms with Gasteiger partial charge in [0.25, 0.3) is 0 Å². The minimum Gasteiger partial charge on any atom is -0.463 e. The monoisotopic (exact) mass is 1120 g/mol. The summed E-state index contributed by atoms with van der Waals surface area (Å²) in [4.78, 5) is 115. The molecule has 7 aliphatic rings. The van der Waals surface area contributed by atoms with Gasteiger partial charge < -0.3 is 56.8 Å². The van der Waals surface area contributed by atoms with E-state index < -0.39 is 139 Å². The summed E-state index contributed by atoms with van der Waals surface area (Å²) < 4.78 is 70.9. The highest BCUT2D eigenvalue weighted by atomic mass is 16.8. The predicted octanol–water partition coefficient (Wildman–Crippen LogP) is 6.74. The van der Waals surface area contributed by atoms with Crippen molar-refractivity contribution in [3.8, 4) is 0 Å². The molecule has 7 rings (SSSR count). The van der Waals surface area contributed by atoms with Crippen molar-refractivity contribution in [3.05, 3.63) is 12.2 Å². The van der Waals surface area contributed by atoms with Gasteiger partial charge in [-0.05, 0) is 122 Å². The maximum absolute atomic E-state index is 15.5. The van der Waals surface area contributed by atoms with Gasteiger partial charge in [-0.3, -0.25) is 43.2 Å². The molecule has 0 radical (unpaired) electrons. The molecule has 20 atom stereocenters. The molecule has 0 aromatic carbocycles. The third-order valence-electron chi connectivity index (χ3n) is 19.8. The maximum atomic E-state index is 15.5. The van der Waals surface area contributed by atoms with E-state index in [0.29, 0.717) is 32.1 Å².